The minimum Gasteiger partial charge on any atom is -0.378 e. The zero-order valence-corrected chi connectivity index (χ0v) is 22.3. The number of nitrogens with one attached hydrogen (secondary N) is 2. The summed E-state index contributed by atoms with van der Waals surface area (Å²) < 4.78 is 48.3. The largest absolute Gasteiger partial charge is 0.378 e. The number of amides is 1. The average Bonchev–Trinajstić information content (AvgIpc) is 2.95. The Labute approximate surface area is 229 Å². The molecular formula is C28H31F3N6O3. The summed E-state index contributed by atoms with van der Waals surface area (Å²) in [5.74, 6) is -0.590. The van der Waals surface area contributed by atoms with Gasteiger partial charge in [0.1, 0.15) is 11.6 Å². The molecule has 0 radical (unpaired) electrons. The van der Waals surface area contributed by atoms with Crippen LogP contribution in [0, 0.1) is 5.82 Å². The zero-order valence-electron chi connectivity index (χ0n) is 22.3. The number of aromatic amines is 1. The second kappa shape index (κ2) is 11.7. The van der Waals surface area contributed by atoms with E-state index < -0.39 is 29.3 Å². The Morgan fingerprint density at radius 2 is 1.90 bits per heavy atom. The van der Waals surface area contributed by atoms with E-state index in [1.807, 2.05) is 24.9 Å². The quantitative estimate of drug-likeness (QED) is 0.478. The SMILES string of the molecule is CC1CN(c2cc(F)c(-c3ccc(N4CCOCC4)nc3)cc2NC(=O)c2c[nH]c(=O)cc2C(F)F)CCN1C. The van der Waals surface area contributed by atoms with E-state index in [4.69, 9.17) is 4.74 Å². The van der Waals surface area contributed by atoms with Crippen LogP contribution in [0.4, 0.5) is 30.4 Å². The molecule has 2 fully saturated rings. The molecule has 0 spiro atoms. The van der Waals surface area contributed by atoms with Crippen LogP contribution in [0.25, 0.3) is 11.1 Å². The molecule has 1 aromatic carbocycles. The number of piperazine rings is 1. The number of hydrogen-bond donors (Lipinski definition) is 2. The molecule has 1 unspecified atom stereocenters. The van der Waals surface area contributed by atoms with E-state index in [0.717, 1.165) is 18.6 Å². The highest BCUT2D eigenvalue weighted by Crippen LogP contribution is 2.36. The minimum atomic E-state index is -3.03. The number of benzene rings is 1. The predicted octanol–water partition coefficient (Wildman–Crippen LogP) is 3.74. The summed E-state index contributed by atoms with van der Waals surface area (Å²) in [7, 11) is 2.00. The third kappa shape index (κ3) is 5.82. The number of pyridine rings is 2. The van der Waals surface area contributed by atoms with Crippen molar-refractivity contribution in [3.05, 3.63) is 70.0 Å². The van der Waals surface area contributed by atoms with Crippen molar-refractivity contribution < 1.29 is 22.7 Å². The smallest absolute Gasteiger partial charge is 0.264 e. The fourth-order valence-corrected chi connectivity index (χ4v) is 4.99. The Kier molecular flexibility index (Phi) is 8.08. The van der Waals surface area contributed by atoms with E-state index in [9.17, 15) is 18.4 Å². The van der Waals surface area contributed by atoms with E-state index in [2.05, 4.69) is 25.1 Å². The Hall–Kier alpha value is -3.90. The molecule has 2 aliphatic heterocycles. The van der Waals surface area contributed by atoms with Crippen molar-refractivity contribution in [2.45, 2.75) is 19.4 Å². The lowest BCUT2D eigenvalue weighted by atomic mass is 10.0. The molecule has 4 heterocycles. The molecule has 2 aliphatic rings. The lowest BCUT2D eigenvalue weighted by Crippen LogP contribution is -2.50. The van der Waals surface area contributed by atoms with Crippen molar-refractivity contribution >= 4 is 23.1 Å². The fourth-order valence-electron chi connectivity index (χ4n) is 4.99. The van der Waals surface area contributed by atoms with Gasteiger partial charge in [0.05, 0.1) is 30.2 Å². The summed E-state index contributed by atoms with van der Waals surface area (Å²) in [5.41, 5.74) is -0.372. The first-order valence-corrected chi connectivity index (χ1v) is 13.1. The molecule has 0 aliphatic carbocycles. The van der Waals surface area contributed by atoms with Gasteiger partial charge < -0.3 is 29.7 Å². The Balaban J connectivity index is 1.52. The first-order valence-electron chi connectivity index (χ1n) is 13.1. The molecule has 5 rings (SSSR count). The molecule has 9 nitrogen and oxygen atoms in total. The van der Waals surface area contributed by atoms with Crippen molar-refractivity contribution in [2.75, 3.05) is 68.1 Å². The highest BCUT2D eigenvalue weighted by molar-refractivity contribution is 6.07. The highest BCUT2D eigenvalue weighted by Gasteiger charge is 2.26. The molecule has 1 atom stereocenters. The number of aromatic nitrogens is 2. The maximum Gasteiger partial charge on any atom is 0.264 e. The Bertz CT molecular complexity index is 1430. The number of anilines is 3. The molecule has 0 bridgehead atoms. The number of carbonyl (C=O) groups excluding carboxylic acids is 1. The standard InChI is InChI=1S/C28H31F3N6O3/c1-17-16-37(6-5-35(17)2)24-13-22(29)19(18-3-4-25(32-14-18)36-7-9-40-10-8-36)11-23(24)34-28(39)21-15-33-26(38)12-20(21)27(30)31/h3-4,11-15,17,27H,5-10,16H2,1-2H3,(H,33,38)(H,34,39). The number of nitrogens with zero attached hydrogens (tertiary/aromatic N) is 4. The molecule has 40 heavy (non-hydrogen) atoms. The van der Waals surface area contributed by atoms with Crippen LogP contribution >= 0.6 is 0 Å². The van der Waals surface area contributed by atoms with Gasteiger partial charge in [0, 0.05) is 73.9 Å². The maximum absolute atomic E-state index is 15.6. The van der Waals surface area contributed by atoms with Gasteiger partial charge in [-0.25, -0.2) is 18.2 Å². The van der Waals surface area contributed by atoms with Crippen molar-refractivity contribution in [1.29, 1.82) is 0 Å². The third-order valence-corrected chi connectivity index (χ3v) is 7.46. The van der Waals surface area contributed by atoms with Crippen LogP contribution in [0.2, 0.25) is 0 Å². The van der Waals surface area contributed by atoms with Gasteiger partial charge in [-0.15, -0.1) is 0 Å². The number of carbonyl (C=O) groups is 1. The lowest BCUT2D eigenvalue weighted by molar-refractivity contribution is 0.101. The monoisotopic (exact) mass is 556 g/mol. The number of likely N-dealkylation sites (N-methyl/N-ethyl adjacent to an activating group) is 1. The summed E-state index contributed by atoms with van der Waals surface area (Å²) >= 11 is 0. The number of hydrogen-bond acceptors (Lipinski definition) is 7. The van der Waals surface area contributed by atoms with Gasteiger partial charge in [0.2, 0.25) is 5.56 Å². The van der Waals surface area contributed by atoms with E-state index in [-0.39, 0.29) is 22.9 Å². The van der Waals surface area contributed by atoms with Crippen LogP contribution in [0.3, 0.4) is 0 Å². The van der Waals surface area contributed by atoms with E-state index in [1.165, 1.54) is 12.1 Å². The van der Waals surface area contributed by atoms with Crippen LogP contribution in [0.5, 0.6) is 0 Å². The van der Waals surface area contributed by atoms with Gasteiger partial charge in [0.15, 0.2) is 0 Å². The number of halogens is 3. The topological polar surface area (TPSA) is 93.8 Å². The molecular weight excluding hydrogens is 525 g/mol. The highest BCUT2D eigenvalue weighted by atomic mass is 19.3. The van der Waals surface area contributed by atoms with Crippen LogP contribution in [0.1, 0.15) is 29.3 Å². The van der Waals surface area contributed by atoms with Crippen LogP contribution in [-0.2, 0) is 4.74 Å². The summed E-state index contributed by atoms with van der Waals surface area (Å²) in [6.45, 7) is 6.56. The van der Waals surface area contributed by atoms with E-state index in [0.29, 0.717) is 56.7 Å². The van der Waals surface area contributed by atoms with Gasteiger partial charge in [-0.3, -0.25) is 9.59 Å². The molecule has 1 amide bonds. The van der Waals surface area contributed by atoms with Gasteiger partial charge in [-0.1, -0.05) is 0 Å². The van der Waals surface area contributed by atoms with Gasteiger partial charge in [-0.05, 0) is 38.2 Å². The molecule has 212 valence electrons. The number of H-pyrrole nitrogens is 1. The number of morpholine rings is 1. The number of alkyl halides is 2. The van der Waals surface area contributed by atoms with Gasteiger partial charge in [0.25, 0.3) is 12.3 Å². The predicted molar refractivity (Wildman–Crippen MR) is 147 cm³/mol. The Morgan fingerprint density at radius 3 is 2.58 bits per heavy atom. The maximum atomic E-state index is 15.6. The lowest BCUT2D eigenvalue weighted by Gasteiger charge is -2.39. The summed E-state index contributed by atoms with van der Waals surface area (Å²) in [5, 5.41) is 2.71. The summed E-state index contributed by atoms with van der Waals surface area (Å²) in [6.07, 6.45) is -0.487. The molecule has 12 heteroatoms. The van der Waals surface area contributed by atoms with Crippen molar-refractivity contribution in [1.82, 2.24) is 14.9 Å². The molecule has 2 saturated heterocycles. The van der Waals surface area contributed by atoms with Crippen LogP contribution in [-0.4, -0.2) is 79.8 Å². The van der Waals surface area contributed by atoms with Gasteiger partial charge >= 0.3 is 0 Å². The first kappa shape index (κ1) is 27.7. The third-order valence-electron chi connectivity index (χ3n) is 7.46. The zero-order chi connectivity index (χ0) is 28.4. The second-order valence-corrected chi connectivity index (χ2v) is 10.1. The molecule has 2 aromatic heterocycles. The molecule has 2 N–H and O–H groups in total. The molecule has 0 saturated carbocycles. The fraction of sp³-hybridized carbons (Fsp3) is 0.393. The van der Waals surface area contributed by atoms with Crippen LogP contribution < -0.4 is 20.7 Å². The van der Waals surface area contributed by atoms with Crippen molar-refractivity contribution in [3.8, 4) is 11.1 Å². The number of ether oxygens (including phenoxy) is 1. The minimum absolute atomic E-state index is 0.168. The Morgan fingerprint density at radius 1 is 1.12 bits per heavy atom. The second-order valence-electron chi connectivity index (χ2n) is 10.1. The normalized spacial score (nSPS) is 18.3. The average molecular weight is 557 g/mol. The van der Waals surface area contributed by atoms with Crippen molar-refractivity contribution in [3.63, 3.8) is 0 Å². The summed E-state index contributed by atoms with van der Waals surface area (Å²) in [4.78, 5) is 37.9. The number of rotatable bonds is 6. The van der Waals surface area contributed by atoms with Crippen LogP contribution in [0.15, 0.2) is 47.5 Å². The summed E-state index contributed by atoms with van der Waals surface area (Å²) in [6, 6.07) is 7.31. The first-order chi connectivity index (χ1) is 19.2. The van der Waals surface area contributed by atoms with E-state index >= 15 is 4.39 Å². The van der Waals surface area contributed by atoms with Gasteiger partial charge in [-0.2, -0.15) is 0 Å². The van der Waals surface area contributed by atoms with E-state index in [1.54, 1.807) is 12.3 Å². The molecule has 3 aromatic rings. The van der Waals surface area contributed by atoms with Crippen molar-refractivity contribution in [2.24, 2.45) is 0 Å².